The fourth-order valence-electron chi connectivity index (χ4n) is 1.49. The molecule has 0 bridgehead atoms. The van der Waals surface area contributed by atoms with Gasteiger partial charge in [0.15, 0.2) is 0 Å². The van der Waals surface area contributed by atoms with E-state index in [0.29, 0.717) is 26.2 Å². The van der Waals surface area contributed by atoms with Crippen LogP contribution in [0.25, 0.3) is 0 Å². The lowest BCUT2D eigenvalue weighted by Gasteiger charge is -2.10. The Morgan fingerprint density at radius 3 is 2.78 bits per heavy atom. The zero-order valence-electron chi connectivity index (χ0n) is 9.24. The van der Waals surface area contributed by atoms with E-state index in [4.69, 9.17) is 11.0 Å². The van der Waals surface area contributed by atoms with Gasteiger partial charge in [-0.1, -0.05) is 6.07 Å². The van der Waals surface area contributed by atoms with Gasteiger partial charge in [0.2, 0.25) is 0 Å². The van der Waals surface area contributed by atoms with Crippen molar-refractivity contribution in [2.24, 2.45) is 0 Å². The van der Waals surface area contributed by atoms with Crippen molar-refractivity contribution in [3.63, 3.8) is 0 Å². The molecular weight excluding hydrogens is 344 g/mol. The number of benzene rings is 2. The highest BCUT2D eigenvalue weighted by atomic mass is 127. The molecule has 0 aliphatic rings. The number of nitrogen functional groups attached to an aromatic ring is 1. The molecule has 18 heavy (non-hydrogen) atoms. The van der Waals surface area contributed by atoms with Crippen LogP contribution in [0.4, 0.5) is 21.5 Å². The van der Waals surface area contributed by atoms with Gasteiger partial charge in [-0.3, -0.25) is 0 Å². The third-order valence-electron chi connectivity index (χ3n) is 2.40. The first kappa shape index (κ1) is 12.6. The molecule has 2 rings (SSSR count). The number of nitrogens with zero attached hydrogens (tertiary/aromatic N) is 1. The van der Waals surface area contributed by atoms with Crippen molar-refractivity contribution in [3.05, 3.63) is 51.3 Å². The maximum Gasteiger partial charge on any atom is 0.138 e. The largest absolute Gasteiger partial charge is 0.398 e. The van der Waals surface area contributed by atoms with Crippen molar-refractivity contribution in [2.45, 2.75) is 0 Å². The number of rotatable bonds is 2. The molecule has 90 valence electrons. The van der Waals surface area contributed by atoms with E-state index < -0.39 is 0 Å². The van der Waals surface area contributed by atoms with Crippen molar-refractivity contribution < 1.29 is 4.39 Å². The monoisotopic (exact) mass is 353 g/mol. The average Bonchev–Trinajstić information content (AvgIpc) is 2.37. The molecule has 2 aromatic carbocycles. The molecule has 0 aromatic heterocycles. The summed E-state index contributed by atoms with van der Waals surface area (Å²) in [5, 5.41) is 11.9. The molecule has 2 aromatic rings. The van der Waals surface area contributed by atoms with E-state index in [-0.39, 0.29) is 5.82 Å². The molecular formula is C13H9FIN3. The highest BCUT2D eigenvalue weighted by Crippen LogP contribution is 2.26. The third-order valence-corrected chi connectivity index (χ3v) is 3.50. The van der Waals surface area contributed by atoms with E-state index >= 15 is 0 Å². The normalized spacial score (nSPS) is 9.83. The van der Waals surface area contributed by atoms with E-state index in [1.54, 1.807) is 30.3 Å². The van der Waals surface area contributed by atoms with Gasteiger partial charge in [-0.25, -0.2) is 4.39 Å². The van der Waals surface area contributed by atoms with E-state index in [9.17, 15) is 4.39 Å². The molecule has 0 saturated heterocycles. The Morgan fingerprint density at radius 1 is 1.28 bits per heavy atom. The van der Waals surface area contributed by atoms with Crippen molar-refractivity contribution in [1.29, 1.82) is 5.26 Å². The Hall–Kier alpha value is -1.81. The first-order valence-electron chi connectivity index (χ1n) is 5.12. The Morgan fingerprint density at radius 2 is 2.06 bits per heavy atom. The standard InChI is InChI=1S/C13H9FIN3/c14-10-2-1-3-12(13(10)15)18-9-4-5-11(17)8(6-9)7-16/h1-6,18H,17H2. The van der Waals surface area contributed by atoms with Gasteiger partial charge in [-0.2, -0.15) is 5.26 Å². The Bertz CT molecular complexity index is 635. The molecule has 0 radical (unpaired) electrons. The number of halogens is 2. The molecule has 0 heterocycles. The Balaban J connectivity index is 2.35. The second-order valence-corrected chi connectivity index (χ2v) is 4.72. The SMILES string of the molecule is N#Cc1cc(Nc2cccc(F)c2I)ccc1N. The number of nitriles is 1. The maximum absolute atomic E-state index is 13.4. The van der Waals surface area contributed by atoms with Gasteiger partial charge < -0.3 is 11.1 Å². The molecule has 0 aliphatic heterocycles. The average molecular weight is 353 g/mol. The van der Waals surface area contributed by atoms with Crippen LogP contribution in [0.5, 0.6) is 0 Å². The predicted octanol–water partition coefficient (Wildman–Crippen LogP) is 3.63. The Labute approximate surface area is 118 Å². The molecule has 0 aliphatic carbocycles. The minimum atomic E-state index is -0.281. The lowest BCUT2D eigenvalue weighted by atomic mass is 10.1. The molecule has 5 heteroatoms. The fourth-order valence-corrected chi connectivity index (χ4v) is 1.98. The summed E-state index contributed by atoms with van der Waals surface area (Å²) in [6.45, 7) is 0. The highest BCUT2D eigenvalue weighted by Gasteiger charge is 2.06. The zero-order valence-corrected chi connectivity index (χ0v) is 11.4. The topological polar surface area (TPSA) is 61.8 Å². The van der Waals surface area contributed by atoms with Crippen LogP contribution < -0.4 is 11.1 Å². The van der Waals surface area contributed by atoms with Crippen LogP contribution in [-0.2, 0) is 0 Å². The van der Waals surface area contributed by atoms with Gasteiger partial charge in [0.25, 0.3) is 0 Å². The second kappa shape index (κ2) is 5.23. The molecule has 0 atom stereocenters. The molecule has 0 spiro atoms. The molecule has 0 saturated carbocycles. The lowest BCUT2D eigenvalue weighted by Crippen LogP contribution is -1.97. The van der Waals surface area contributed by atoms with E-state index in [1.165, 1.54) is 6.07 Å². The molecule has 0 fully saturated rings. The number of nitrogens with two attached hydrogens (primary N) is 1. The zero-order chi connectivity index (χ0) is 13.1. The van der Waals surface area contributed by atoms with Crippen LogP contribution in [0, 0.1) is 20.7 Å². The van der Waals surface area contributed by atoms with E-state index in [1.807, 2.05) is 28.7 Å². The number of anilines is 3. The van der Waals surface area contributed by atoms with Crippen LogP contribution in [0.1, 0.15) is 5.56 Å². The van der Waals surface area contributed by atoms with Crippen LogP contribution in [0.3, 0.4) is 0 Å². The summed E-state index contributed by atoms with van der Waals surface area (Å²) in [4.78, 5) is 0. The van der Waals surface area contributed by atoms with Crippen molar-refractivity contribution in [1.82, 2.24) is 0 Å². The first-order chi connectivity index (χ1) is 8.61. The van der Waals surface area contributed by atoms with Crippen LogP contribution in [0.2, 0.25) is 0 Å². The van der Waals surface area contributed by atoms with Gasteiger partial charge in [0.1, 0.15) is 11.9 Å². The van der Waals surface area contributed by atoms with Crippen molar-refractivity contribution >= 4 is 39.7 Å². The molecule has 3 nitrogen and oxygen atoms in total. The predicted molar refractivity (Wildman–Crippen MR) is 78.0 cm³/mol. The van der Waals surface area contributed by atoms with Crippen molar-refractivity contribution in [3.8, 4) is 6.07 Å². The van der Waals surface area contributed by atoms with E-state index in [2.05, 4.69) is 5.32 Å². The van der Waals surface area contributed by atoms with Gasteiger partial charge in [-0.05, 0) is 52.9 Å². The fraction of sp³-hybridized carbons (Fsp3) is 0. The summed E-state index contributed by atoms with van der Waals surface area (Å²) in [5.74, 6) is -0.281. The quantitative estimate of drug-likeness (QED) is 0.640. The van der Waals surface area contributed by atoms with Gasteiger partial charge in [-0.15, -0.1) is 0 Å². The summed E-state index contributed by atoms with van der Waals surface area (Å²) < 4.78 is 13.9. The molecule has 3 N–H and O–H groups in total. The van der Waals surface area contributed by atoms with E-state index in [0.717, 1.165) is 0 Å². The molecule has 0 amide bonds. The summed E-state index contributed by atoms with van der Waals surface area (Å²) >= 11 is 1.93. The lowest BCUT2D eigenvalue weighted by molar-refractivity contribution is 0.621. The van der Waals surface area contributed by atoms with Crippen LogP contribution in [-0.4, -0.2) is 0 Å². The summed E-state index contributed by atoms with van der Waals surface area (Å²) in [6.07, 6.45) is 0. The smallest absolute Gasteiger partial charge is 0.138 e. The minimum absolute atomic E-state index is 0.281. The van der Waals surface area contributed by atoms with Gasteiger partial charge >= 0.3 is 0 Å². The van der Waals surface area contributed by atoms with Crippen LogP contribution >= 0.6 is 22.6 Å². The van der Waals surface area contributed by atoms with Crippen molar-refractivity contribution in [2.75, 3.05) is 11.1 Å². The number of hydrogen-bond acceptors (Lipinski definition) is 3. The van der Waals surface area contributed by atoms with Crippen LogP contribution in [0.15, 0.2) is 36.4 Å². The number of nitrogens with one attached hydrogen (secondary N) is 1. The second-order valence-electron chi connectivity index (χ2n) is 3.64. The van der Waals surface area contributed by atoms with Gasteiger partial charge in [0.05, 0.1) is 14.8 Å². The highest BCUT2D eigenvalue weighted by molar-refractivity contribution is 14.1. The molecule has 0 unspecified atom stereocenters. The van der Waals surface area contributed by atoms with Gasteiger partial charge in [0, 0.05) is 11.4 Å². The summed E-state index contributed by atoms with van der Waals surface area (Å²) in [7, 11) is 0. The third kappa shape index (κ3) is 2.54. The Kier molecular flexibility index (Phi) is 3.67. The minimum Gasteiger partial charge on any atom is -0.398 e. The first-order valence-corrected chi connectivity index (χ1v) is 6.20. The summed E-state index contributed by atoms with van der Waals surface area (Å²) in [5.41, 5.74) is 7.81. The maximum atomic E-state index is 13.4. The summed E-state index contributed by atoms with van der Waals surface area (Å²) in [6, 6.07) is 11.8. The number of hydrogen-bond donors (Lipinski definition) is 2.